The summed E-state index contributed by atoms with van der Waals surface area (Å²) in [5, 5.41) is 3.51. The van der Waals surface area contributed by atoms with Gasteiger partial charge in [-0.05, 0) is 29.6 Å². The fraction of sp³-hybridized carbons (Fsp3) is 0.0714. The summed E-state index contributed by atoms with van der Waals surface area (Å²) >= 11 is 0. The van der Waals surface area contributed by atoms with Crippen LogP contribution in [-0.4, -0.2) is 5.78 Å². The monoisotopic (exact) mass is 237 g/mol. The summed E-state index contributed by atoms with van der Waals surface area (Å²) in [6, 6.07) is 14.7. The molecule has 18 heavy (non-hydrogen) atoms. The zero-order chi connectivity index (χ0) is 13.0. The largest absolute Gasteiger partial charge is 0.295 e. The molecule has 0 N–H and O–H groups in total. The van der Waals surface area contributed by atoms with E-state index in [2.05, 4.69) is 10.0 Å². The second-order valence-corrected chi connectivity index (χ2v) is 3.87. The maximum atomic E-state index is 11.3. The van der Waals surface area contributed by atoms with E-state index >= 15 is 0 Å². The Morgan fingerprint density at radius 2 is 1.83 bits per heavy atom. The highest BCUT2D eigenvalue weighted by Gasteiger charge is 2.02. The highest BCUT2D eigenvalue weighted by Crippen LogP contribution is 2.23. The van der Waals surface area contributed by atoms with Gasteiger partial charge in [0.05, 0.1) is 0 Å². The highest BCUT2D eigenvalue weighted by molar-refractivity contribution is 5.95. The minimum Gasteiger partial charge on any atom is -0.295 e. The van der Waals surface area contributed by atoms with E-state index in [0.717, 1.165) is 11.1 Å². The molecule has 0 saturated heterocycles. The van der Waals surface area contributed by atoms with Crippen molar-refractivity contribution in [3.63, 3.8) is 0 Å². The zero-order valence-electron chi connectivity index (χ0n) is 9.87. The Balaban J connectivity index is 2.39. The van der Waals surface area contributed by atoms with Crippen molar-refractivity contribution in [2.45, 2.75) is 6.92 Å². The van der Waals surface area contributed by atoms with Crippen LogP contribution < -0.4 is 0 Å². The Hall–Kier alpha value is -2.58. The van der Waals surface area contributed by atoms with Gasteiger partial charge in [-0.2, -0.15) is 0 Å². The van der Waals surface area contributed by atoms with Crippen LogP contribution in [0.3, 0.4) is 0 Å². The number of Topliss-reactive ketones (excluding diaryl/α,β-unsaturated/α-hetero) is 1. The van der Waals surface area contributed by atoms with Crippen LogP contribution in [0.4, 0.5) is 5.69 Å². The molecule has 0 atom stereocenters. The third-order valence-corrected chi connectivity index (χ3v) is 2.63. The Labute approximate surface area is 105 Å². The van der Waals surface area contributed by atoms with E-state index in [1.54, 1.807) is 25.1 Å². The molecule has 0 amide bonds. The number of rotatable bonds is 3. The van der Waals surface area contributed by atoms with Crippen LogP contribution in [0.2, 0.25) is 0 Å². The van der Waals surface area contributed by atoms with Gasteiger partial charge in [-0.3, -0.25) is 4.79 Å². The second kappa shape index (κ2) is 5.17. The molecule has 2 rings (SSSR count). The molecule has 0 heterocycles. The molecular formula is C14H11N3O. The molecular weight excluding hydrogens is 226 g/mol. The van der Waals surface area contributed by atoms with Crippen molar-refractivity contribution in [2.75, 3.05) is 0 Å². The van der Waals surface area contributed by atoms with E-state index in [9.17, 15) is 4.79 Å². The molecule has 4 nitrogen and oxygen atoms in total. The standard InChI is InChI=1S/C14H11N3O/c1-10(18)12-3-2-4-13(9-12)11-5-7-14(8-6-11)16-17-15/h2-9H,1H3. The van der Waals surface area contributed by atoms with Gasteiger partial charge in [0.2, 0.25) is 0 Å². The lowest BCUT2D eigenvalue weighted by molar-refractivity contribution is 0.101. The van der Waals surface area contributed by atoms with Crippen LogP contribution in [0.1, 0.15) is 17.3 Å². The molecule has 2 aromatic rings. The Kier molecular flexibility index (Phi) is 3.41. The molecule has 4 heteroatoms. The highest BCUT2D eigenvalue weighted by atomic mass is 16.1. The predicted octanol–water partition coefficient (Wildman–Crippen LogP) is 4.50. The van der Waals surface area contributed by atoms with Crippen molar-refractivity contribution >= 4 is 11.5 Å². The van der Waals surface area contributed by atoms with Crippen LogP contribution in [0.15, 0.2) is 53.6 Å². The van der Waals surface area contributed by atoms with Gasteiger partial charge in [0.25, 0.3) is 0 Å². The Morgan fingerprint density at radius 1 is 1.11 bits per heavy atom. The molecule has 88 valence electrons. The molecule has 0 spiro atoms. The van der Waals surface area contributed by atoms with Crippen molar-refractivity contribution in [3.8, 4) is 11.1 Å². The van der Waals surface area contributed by atoms with Gasteiger partial charge in [0.1, 0.15) is 0 Å². The molecule has 0 saturated carbocycles. The number of ketones is 1. The van der Waals surface area contributed by atoms with E-state index < -0.39 is 0 Å². The van der Waals surface area contributed by atoms with Gasteiger partial charge in [-0.1, -0.05) is 47.6 Å². The topological polar surface area (TPSA) is 65.8 Å². The third kappa shape index (κ3) is 2.56. The molecule has 0 aliphatic carbocycles. The minimum atomic E-state index is 0.0440. The average Bonchev–Trinajstić information content (AvgIpc) is 2.40. The van der Waals surface area contributed by atoms with Gasteiger partial charge in [-0.15, -0.1) is 0 Å². The van der Waals surface area contributed by atoms with Crippen LogP contribution in [0.5, 0.6) is 0 Å². The summed E-state index contributed by atoms with van der Waals surface area (Å²) in [5.41, 5.74) is 11.5. The van der Waals surface area contributed by atoms with Gasteiger partial charge >= 0.3 is 0 Å². The summed E-state index contributed by atoms with van der Waals surface area (Å²) in [6.45, 7) is 1.55. The van der Waals surface area contributed by atoms with Crippen LogP contribution in [-0.2, 0) is 0 Å². The smallest absolute Gasteiger partial charge is 0.159 e. The van der Waals surface area contributed by atoms with Gasteiger partial charge in [0.15, 0.2) is 5.78 Å². The van der Waals surface area contributed by atoms with Crippen molar-refractivity contribution in [3.05, 3.63) is 64.5 Å². The molecule has 0 radical (unpaired) electrons. The summed E-state index contributed by atoms with van der Waals surface area (Å²) in [7, 11) is 0. The Bertz CT molecular complexity index is 626. The summed E-state index contributed by atoms with van der Waals surface area (Å²) in [4.78, 5) is 14.0. The fourth-order valence-corrected chi connectivity index (χ4v) is 1.69. The Morgan fingerprint density at radius 3 is 2.44 bits per heavy atom. The lowest BCUT2D eigenvalue weighted by Gasteiger charge is -2.03. The van der Waals surface area contributed by atoms with E-state index in [1.807, 2.05) is 30.3 Å². The van der Waals surface area contributed by atoms with Crippen LogP contribution in [0.25, 0.3) is 21.6 Å². The first-order chi connectivity index (χ1) is 8.70. The molecule has 0 aromatic heterocycles. The zero-order valence-corrected chi connectivity index (χ0v) is 9.87. The molecule has 2 aromatic carbocycles. The second-order valence-electron chi connectivity index (χ2n) is 3.87. The average molecular weight is 237 g/mol. The summed E-state index contributed by atoms with van der Waals surface area (Å²) in [6.07, 6.45) is 0. The van der Waals surface area contributed by atoms with Crippen LogP contribution in [0, 0.1) is 0 Å². The first kappa shape index (κ1) is 11.9. The van der Waals surface area contributed by atoms with Gasteiger partial charge in [0, 0.05) is 16.2 Å². The maximum Gasteiger partial charge on any atom is 0.159 e. The van der Waals surface area contributed by atoms with Gasteiger partial charge < -0.3 is 0 Å². The normalized spacial score (nSPS) is 9.61. The molecule has 0 aliphatic heterocycles. The number of carbonyl (C=O) groups is 1. The summed E-state index contributed by atoms with van der Waals surface area (Å²) in [5.74, 6) is 0.0440. The fourth-order valence-electron chi connectivity index (χ4n) is 1.69. The number of benzene rings is 2. The quantitative estimate of drug-likeness (QED) is 0.335. The van der Waals surface area contributed by atoms with E-state index in [-0.39, 0.29) is 5.78 Å². The number of nitrogens with zero attached hydrogens (tertiary/aromatic N) is 3. The van der Waals surface area contributed by atoms with E-state index in [4.69, 9.17) is 5.53 Å². The van der Waals surface area contributed by atoms with Gasteiger partial charge in [-0.25, -0.2) is 0 Å². The van der Waals surface area contributed by atoms with Crippen molar-refractivity contribution in [1.82, 2.24) is 0 Å². The van der Waals surface area contributed by atoms with E-state index in [0.29, 0.717) is 11.3 Å². The first-order valence-corrected chi connectivity index (χ1v) is 5.47. The van der Waals surface area contributed by atoms with E-state index in [1.165, 1.54) is 0 Å². The number of hydrogen-bond donors (Lipinski definition) is 0. The molecule has 0 aliphatic rings. The number of hydrogen-bond acceptors (Lipinski definition) is 2. The molecule has 0 bridgehead atoms. The number of carbonyl (C=O) groups excluding carboxylic acids is 1. The lowest BCUT2D eigenvalue weighted by Crippen LogP contribution is -1.91. The SMILES string of the molecule is CC(=O)c1cccc(-c2ccc(N=[N+]=[N-])cc2)c1. The maximum absolute atomic E-state index is 11.3. The van der Waals surface area contributed by atoms with Crippen LogP contribution >= 0.6 is 0 Å². The first-order valence-electron chi connectivity index (χ1n) is 5.47. The van der Waals surface area contributed by atoms with Crippen molar-refractivity contribution < 1.29 is 4.79 Å². The lowest BCUT2D eigenvalue weighted by atomic mass is 10.0. The third-order valence-electron chi connectivity index (χ3n) is 2.63. The predicted molar refractivity (Wildman–Crippen MR) is 70.7 cm³/mol. The van der Waals surface area contributed by atoms with Crippen molar-refractivity contribution in [2.24, 2.45) is 5.11 Å². The molecule has 0 unspecified atom stereocenters. The number of azide groups is 1. The van der Waals surface area contributed by atoms with Crippen molar-refractivity contribution in [1.29, 1.82) is 0 Å². The minimum absolute atomic E-state index is 0.0440. The summed E-state index contributed by atoms with van der Waals surface area (Å²) < 4.78 is 0. The molecule has 0 fully saturated rings.